The van der Waals surface area contributed by atoms with Crippen molar-refractivity contribution < 1.29 is 0 Å². The molecule has 1 atom stereocenters. The Morgan fingerprint density at radius 2 is 0.746 bits per heavy atom. The lowest BCUT2D eigenvalue weighted by atomic mass is 9.67. The minimum atomic E-state index is -0.542. The molecule has 318 valence electrons. The maximum atomic E-state index is 2.55. The zero-order chi connectivity index (χ0) is 44.9. The third kappa shape index (κ3) is 5.49. The van der Waals surface area contributed by atoms with Crippen molar-refractivity contribution in [2.75, 3.05) is 4.90 Å². The first-order valence-electron chi connectivity index (χ1n) is 23.7. The molecule has 0 bridgehead atoms. The Morgan fingerprint density at radius 3 is 1.43 bits per heavy atom. The molecule has 1 unspecified atom stereocenters. The van der Waals surface area contributed by atoms with E-state index in [1.807, 2.05) is 0 Å². The fraction of sp³-hybridized carbons (Fsp3) is 0.0909. The molecule has 1 nitrogen and oxygen atoms in total. The van der Waals surface area contributed by atoms with E-state index in [0.29, 0.717) is 0 Å². The fourth-order valence-corrected chi connectivity index (χ4v) is 12.6. The average Bonchev–Trinajstić information content (AvgIpc) is 3.93. The predicted molar refractivity (Wildman–Crippen MR) is 279 cm³/mol. The van der Waals surface area contributed by atoms with Crippen LogP contribution in [0.25, 0.3) is 44.5 Å². The van der Waals surface area contributed by atoms with Crippen LogP contribution in [0.4, 0.5) is 17.1 Å². The number of benzene rings is 10. The number of anilines is 3. The second-order valence-corrected chi connectivity index (χ2v) is 19.3. The van der Waals surface area contributed by atoms with Gasteiger partial charge in [-0.3, -0.25) is 0 Å². The van der Waals surface area contributed by atoms with E-state index >= 15 is 0 Å². The van der Waals surface area contributed by atoms with Crippen LogP contribution in [-0.2, 0) is 16.2 Å². The van der Waals surface area contributed by atoms with Gasteiger partial charge in [0.05, 0.1) is 11.1 Å². The topological polar surface area (TPSA) is 3.24 Å². The van der Waals surface area contributed by atoms with Crippen molar-refractivity contribution in [2.24, 2.45) is 0 Å². The van der Waals surface area contributed by atoms with E-state index < -0.39 is 5.41 Å². The molecule has 0 fully saturated rings. The SMILES string of the molecule is CC1(C)c2ccccc2-c2c(-c3ccccc3N(c3ccc4c(c3)-c3ccccc3C4(C)c3ccccc3)c3ccc4c(c3)C(c3ccccc3)(c3ccccc3)c3ccccc3-4)cccc21. The summed E-state index contributed by atoms with van der Waals surface area (Å²) < 4.78 is 0. The maximum Gasteiger partial charge on any atom is 0.0714 e. The Labute approximate surface area is 394 Å². The number of fused-ring (bicyclic) bond motifs is 9. The quantitative estimate of drug-likeness (QED) is 0.154. The number of rotatable bonds is 7. The van der Waals surface area contributed by atoms with Crippen LogP contribution < -0.4 is 4.90 Å². The highest BCUT2D eigenvalue weighted by atomic mass is 15.1. The Bertz CT molecular complexity index is 3530. The van der Waals surface area contributed by atoms with Gasteiger partial charge in [-0.2, -0.15) is 0 Å². The van der Waals surface area contributed by atoms with E-state index in [2.05, 4.69) is 268 Å². The van der Waals surface area contributed by atoms with Crippen molar-refractivity contribution in [3.05, 3.63) is 293 Å². The summed E-state index contributed by atoms with van der Waals surface area (Å²) in [5, 5.41) is 0. The van der Waals surface area contributed by atoms with Crippen molar-refractivity contribution in [2.45, 2.75) is 37.0 Å². The van der Waals surface area contributed by atoms with Gasteiger partial charge in [-0.15, -0.1) is 0 Å². The van der Waals surface area contributed by atoms with E-state index in [9.17, 15) is 0 Å². The van der Waals surface area contributed by atoms with E-state index in [-0.39, 0.29) is 10.8 Å². The minimum Gasteiger partial charge on any atom is -0.310 e. The number of hydrogen-bond donors (Lipinski definition) is 0. The molecule has 0 saturated heterocycles. The van der Waals surface area contributed by atoms with Crippen LogP contribution in [0.2, 0.25) is 0 Å². The zero-order valence-electron chi connectivity index (χ0n) is 38.0. The molecular formula is C66H49N. The Balaban J connectivity index is 1.10. The van der Waals surface area contributed by atoms with Crippen LogP contribution in [0.3, 0.4) is 0 Å². The van der Waals surface area contributed by atoms with Crippen molar-refractivity contribution in [1.29, 1.82) is 0 Å². The lowest BCUT2D eigenvalue weighted by Crippen LogP contribution is -2.28. The molecular weight excluding hydrogens is 807 g/mol. The summed E-state index contributed by atoms with van der Waals surface area (Å²) in [6.07, 6.45) is 0. The summed E-state index contributed by atoms with van der Waals surface area (Å²) in [4.78, 5) is 2.55. The third-order valence-electron chi connectivity index (χ3n) is 15.6. The molecule has 10 aromatic carbocycles. The minimum absolute atomic E-state index is 0.122. The molecule has 0 amide bonds. The third-order valence-corrected chi connectivity index (χ3v) is 15.6. The molecule has 0 aromatic heterocycles. The molecule has 0 aliphatic heterocycles. The van der Waals surface area contributed by atoms with Gasteiger partial charge in [0, 0.05) is 27.8 Å². The molecule has 13 rings (SSSR count). The smallest absolute Gasteiger partial charge is 0.0714 e. The second-order valence-electron chi connectivity index (χ2n) is 19.3. The highest BCUT2D eigenvalue weighted by Gasteiger charge is 2.47. The summed E-state index contributed by atoms with van der Waals surface area (Å²) >= 11 is 0. The monoisotopic (exact) mass is 855 g/mol. The Kier molecular flexibility index (Phi) is 8.67. The number of nitrogens with zero attached hydrogens (tertiary/aromatic N) is 1. The standard InChI is InChI=1S/C66H49N/c1-64(2)56-33-17-15-31-54(56)63-53(32-21-36-60(63)64)52-30-16-20-37-62(52)67(47-39-41-58-55(42-47)50-29-13-18-34-57(50)65(58,3)44-22-7-4-8-23-44)48-38-40-51-49-28-14-19-35-59(49)66(61(51)43-48,45-24-9-5-10-25-45)46-26-11-6-12-27-46/h4-43H,1-3H3. The molecule has 3 aliphatic rings. The molecule has 0 spiro atoms. The first-order valence-corrected chi connectivity index (χ1v) is 23.7. The Morgan fingerprint density at radius 1 is 0.284 bits per heavy atom. The van der Waals surface area contributed by atoms with Crippen molar-refractivity contribution in [3.63, 3.8) is 0 Å². The van der Waals surface area contributed by atoms with Gasteiger partial charge in [0.2, 0.25) is 0 Å². The lowest BCUT2D eigenvalue weighted by molar-refractivity contribution is 0.660. The number of hydrogen-bond acceptors (Lipinski definition) is 1. The van der Waals surface area contributed by atoms with Gasteiger partial charge >= 0.3 is 0 Å². The highest BCUT2D eigenvalue weighted by Crippen LogP contribution is 2.59. The summed E-state index contributed by atoms with van der Waals surface area (Å²) in [5.74, 6) is 0. The molecule has 0 radical (unpaired) electrons. The van der Waals surface area contributed by atoms with Gasteiger partial charge in [-0.1, -0.05) is 226 Å². The molecule has 0 saturated carbocycles. The van der Waals surface area contributed by atoms with Gasteiger partial charge < -0.3 is 4.90 Å². The predicted octanol–water partition coefficient (Wildman–Crippen LogP) is 16.8. The van der Waals surface area contributed by atoms with Gasteiger partial charge in [-0.05, 0) is 126 Å². The summed E-state index contributed by atoms with van der Waals surface area (Å²) in [5.41, 5.74) is 24.4. The molecule has 10 aromatic rings. The van der Waals surface area contributed by atoms with Crippen LogP contribution in [0, 0.1) is 0 Å². The van der Waals surface area contributed by atoms with Crippen LogP contribution in [-0.4, -0.2) is 0 Å². The second kappa shape index (κ2) is 14.8. The van der Waals surface area contributed by atoms with E-state index in [1.165, 1.54) is 94.6 Å². The highest BCUT2D eigenvalue weighted by molar-refractivity contribution is 5.99. The van der Waals surface area contributed by atoms with Crippen molar-refractivity contribution in [3.8, 4) is 44.5 Å². The van der Waals surface area contributed by atoms with Crippen LogP contribution in [0.1, 0.15) is 70.8 Å². The first-order chi connectivity index (χ1) is 32.9. The van der Waals surface area contributed by atoms with Gasteiger partial charge in [-0.25, -0.2) is 0 Å². The molecule has 0 heterocycles. The largest absolute Gasteiger partial charge is 0.310 e. The summed E-state index contributed by atoms with van der Waals surface area (Å²) in [6, 6.07) is 91.0. The van der Waals surface area contributed by atoms with Gasteiger partial charge in [0.15, 0.2) is 0 Å². The van der Waals surface area contributed by atoms with Crippen molar-refractivity contribution in [1.82, 2.24) is 0 Å². The Hall–Kier alpha value is -8.00. The zero-order valence-corrected chi connectivity index (χ0v) is 38.0. The average molecular weight is 856 g/mol. The van der Waals surface area contributed by atoms with Crippen LogP contribution in [0.5, 0.6) is 0 Å². The molecule has 3 aliphatic carbocycles. The van der Waals surface area contributed by atoms with Gasteiger partial charge in [0.1, 0.15) is 0 Å². The summed E-state index contributed by atoms with van der Waals surface area (Å²) in [6.45, 7) is 7.15. The van der Waals surface area contributed by atoms with E-state index in [4.69, 9.17) is 0 Å². The maximum absolute atomic E-state index is 2.55. The van der Waals surface area contributed by atoms with E-state index in [0.717, 1.165) is 17.1 Å². The van der Waals surface area contributed by atoms with E-state index in [1.54, 1.807) is 0 Å². The molecule has 67 heavy (non-hydrogen) atoms. The van der Waals surface area contributed by atoms with Crippen LogP contribution in [0.15, 0.2) is 243 Å². The van der Waals surface area contributed by atoms with Crippen LogP contribution >= 0.6 is 0 Å². The first kappa shape index (κ1) is 39.4. The lowest BCUT2D eigenvalue weighted by Gasteiger charge is -2.35. The fourth-order valence-electron chi connectivity index (χ4n) is 12.6. The number of para-hydroxylation sites is 1. The summed E-state index contributed by atoms with van der Waals surface area (Å²) in [7, 11) is 0. The van der Waals surface area contributed by atoms with Gasteiger partial charge in [0.25, 0.3) is 0 Å². The normalized spacial score (nSPS) is 16.3. The molecule has 0 N–H and O–H groups in total. The molecule has 1 heteroatoms. The van der Waals surface area contributed by atoms with Crippen molar-refractivity contribution >= 4 is 17.1 Å².